The molecule has 0 aliphatic heterocycles. The Hall–Kier alpha value is -4.14. The Labute approximate surface area is 212 Å². The summed E-state index contributed by atoms with van der Waals surface area (Å²) in [6.45, 7) is 0. The van der Waals surface area contributed by atoms with Gasteiger partial charge in [-0.2, -0.15) is 0 Å². The zero-order valence-electron chi connectivity index (χ0n) is 19.3. The van der Waals surface area contributed by atoms with Crippen LogP contribution in [0.4, 0.5) is 11.4 Å². The molecule has 178 valence electrons. The summed E-state index contributed by atoms with van der Waals surface area (Å²) in [6, 6.07) is 26.9. The Kier molecular flexibility index (Phi) is 5.28. The number of benzene rings is 3. The highest BCUT2D eigenvalue weighted by molar-refractivity contribution is 7.94. The Bertz CT molecular complexity index is 1810. The van der Waals surface area contributed by atoms with Gasteiger partial charge in [0.2, 0.25) is 0 Å². The number of hydrogen-bond acceptors (Lipinski definition) is 5. The van der Waals surface area contributed by atoms with Crippen molar-refractivity contribution < 1.29 is 8.42 Å². The lowest BCUT2D eigenvalue weighted by molar-refractivity contribution is 0.596. The highest BCUT2D eigenvalue weighted by Gasteiger charge is 2.24. The van der Waals surface area contributed by atoms with Crippen molar-refractivity contribution >= 4 is 54.7 Å². The van der Waals surface area contributed by atoms with E-state index in [1.807, 2.05) is 66.9 Å². The summed E-state index contributed by atoms with van der Waals surface area (Å²) >= 11 is 1.21. The van der Waals surface area contributed by atoms with Crippen LogP contribution in [0.5, 0.6) is 0 Å². The average molecular weight is 511 g/mol. The van der Waals surface area contributed by atoms with Crippen LogP contribution in [-0.4, -0.2) is 25.4 Å². The van der Waals surface area contributed by atoms with E-state index in [0.29, 0.717) is 15.6 Å². The van der Waals surface area contributed by atoms with Gasteiger partial charge in [0.05, 0.1) is 5.69 Å². The SMILES string of the molecule is CN(c1ccc2[nH]c3ncc(-c4ccc(N)cc4)c(-c4ccccc4)c3c2c1)S(=O)(=O)c1cccs1. The molecule has 3 heterocycles. The molecule has 0 saturated heterocycles. The van der Waals surface area contributed by atoms with Crippen molar-refractivity contribution in [2.75, 3.05) is 17.1 Å². The quantitative estimate of drug-likeness (QED) is 0.258. The van der Waals surface area contributed by atoms with Crippen molar-refractivity contribution in [3.8, 4) is 22.3 Å². The third-order valence-electron chi connectivity index (χ3n) is 6.36. The molecular weight excluding hydrogens is 488 g/mol. The summed E-state index contributed by atoms with van der Waals surface area (Å²) < 4.78 is 28.0. The molecule has 6 rings (SSSR count). The highest BCUT2D eigenvalue weighted by atomic mass is 32.2. The first kappa shape index (κ1) is 22.3. The topological polar surface area (TPSA) is 92.1 Å². The van der Waals surface area contributed by atoms with Gasteiger partial charge in [0.15, 0.2) is 0 Å². The molecule has 8 heteroatoms. The van der Waals surface area contributed by atoms with Gasteiger partial charge in [-0.05, 0) is 52.9 Å². The molecule has 0 atom stereocenters. The van der Waals surface area contributed by atoms with Crippen LogP contribution in [0.15, 0.2) is 101 Å². The summed E-state index contributed by atoms with van der Waals surface area (Å²) in [5.74, 6) is 0. The Morgan fingerprint density at radius 3 is 2.42 bits per heavy atom. The van der Waals surface area contributed by atoms with Gasteiger partial charge in [0, 0.05) is 46.3 Å². The predicted molar refractivity (Wildman–Crippen MR) is 149 cm³/mol. The lowest BCUT2D eigenvalue weighted by Gasteiger charge is -2.18. The minimum atomic E-state index is -3.66. The van der Waals surface area contributed by atoms with Crippen LogP contribution in [0.2, 0.25) is 0 Å². The van der Waals surface area contributed by atoms with E-state index in [2.05, 4.69) is 17.1 Å². The molecule has 0 aliphatic carbocycles. The number of fused-ring (bicyclic) bond motifs is 3. The maximum Gasteiger partial charge on any atom is 0.273 e. The predicted octanol–water partition coefficient (Wildman–Crippen LogP) is 6.52. The number of aromatic nitrogens is 2. The minimum Gasteiger partial charge on any atom is -0.399 e. The third-order valence-corrected chi connectivity index (χ3v) is 9.52. The highest BCUT2D eigenvalue weighted by Crippen LogP contribution is 2.41. The van der Waals surface area contributed by atoms with E-state index in [1.165, 1.54) is 15.6 Å². The number of rotatable bonds is 5. The molecule has 36 heavy (non-hydrogen) atoms. The molecule has 3 N–H and O–H groups in total. The number of pyridine rings is 1. The van der Waals surface area contributed by atoms with Gasteiger partial charge in [-0.25, -0.2) is 13.4 Å². The smallest absolute Gasteiger partial charge is 0.273 e. The number of thiophene rings is 1. The molecule has 0 fully saturated rings. The van der Waals surface area contributed by atoms with Crippen molar-refractivity contribution in [1.29, 1.82) is 0 Å². The standard InChI is InChI=1S/C28H22N4O2S2/c1-32(36(33,34)25-8-5-15-35-25)21-13-14-24-22(16-21)27-26(19-6-3-2-4-7-19)23(17-30-28(27)31-24)18-9-11-20(29)12-10-18/h2-17H,29H2,1H3,(H,30,31). The van der Waals surface area contributed by atoms with Crippen LogP contribution in [0.25, 0.3) is 44.2 Å². The lowest BCUT2D eigenvalue weighted by atomic mass is 9.92. The molecule has 0 aliphatic rings. The Morgan fingerprint density at radius 2 is 1.69 bits per heavy atom. The Balaban J connectivity index is 1.63. The van der Waals surface area contributed by atoms with Crippen LogP contribution in [0.3, 0.4) is 0 Å². The maximum atomic E-state index is 13.2. The normalized spacial score (nSPS) is 11.8. The van der Waals surface area contributed by atoms with Gasteiger partial charge in [-0.1, -0.05) is 48.5 Å². The van der Waals surface area contributed by atoms with Crippen molar-refractivity contribution in [2.45, 2.75) is 4.21 Å². The molecule has 6 nitrogen and oxygen atoms in total. The van der Waals surface area contributed by atoms with E-state index < -0.39 is 10.0 Å². The van der Waals surface area contributed by atoms with Gasteiger partial charge < -0.3 is 10.7 Å². The number of sulfonamides is 1. The molecule has 0 amide bonds. The molecule has 0 bridgehead atoms. The number of hydrogen-bond donors (Lipinski definition) is 2. The molecule has 6 aromatic rings. The lowest BCUT2D eigenvalue weighted by Crippen LogP contribution is -2.25. The van der Waals surface area contributed by atoms with Crippen LogP contribution < -0.4 is 10.0 Å². The minimum absolute atomic E-state index is 0.307. The van der Waals surface area contributed by atoms with Gasteiger partial charge in [-0.3, -0.25) is 4.31 Å². The summed E-state index contributed by atoms with van der Waals surface area (Å²) in [5.41, 5.74) is 12.9. The molecule has 0 unspecified atom stereocenters. The monoisotopic (exact) mass is 510 g/mol. The van der Waals surface area contributed by atoms with Gasteiger partial charge in [-0.15, -0.1) is 11.3 Å². The largest absolute Gasteiger partial charge is 0.399 e. The molecule has 3 aromatic carbocycles. The fourth-order valence-corrected chi connectivity index (χ4v) is 6.86. The van der Waals surface area contributed by atoms with Crippen molar-refractivity contribution in [2.24, 2.45) is 0 Å². The summed E-state index contributed by atoms with van der Waals surface area (Å²) in [7, 11) is -2.07. The van der Waals surface area contributed by atoms with Crippen LogP contribution in [0, 0.1) is 0 Å². The van der Waals surface area contributed by atoms with Crippen molar-refractivity contribution in [1.82, 2.24) is 9.97 Å². The van der Waals surface area contributed by atoms with Crippen molar-refractivity contribution in [3.05, 3.63) is 96.5 Å². The van der Waals surface area contributed by atoms with E-state index in [4.69, 9.17) is 10.7 Å². The van der Waals surface area contributed by atoms with E-state index in [0.717, 1.165) is 44.2 Å². The van der Waals surface area contributed by atoms with E-state index in [1.54, 1.807) is 24.6 Å². The summed E-state index contributed by atoms with van der Waals surface area (Å²) in [4.78, 5) is 8.16. The second kappa shape index (κ2) is 8.51. The molecule has 0 saturated carbocycles. The van der Waals surface area contributed by atoms with Crippen molar-refractivity contribution in [3.63, 3.8) is 0 Å². The first-order valence-corrected chi connectivity index (χ1v) is 13.6. The summed E-state index contributed by atoms with van der Waals surface area (Å²) in [6.07, 6.45) is 1.87. The number of nitrogen functional groups attached to an aromatic ring is 1. The van der Waals surface area contributed by atoms with E-state index >= 15 is 0 Å². The Morgan fingerprint density at radius 1 is 0.917 bits per heavy atom. The number of H-pyrrole nitrogens is 1. The van der Waals surface area contributed by atoms with Crippen LogP contribution >= 0.6 is 11.3 Å². The second-order valence-corrected chi connectivity index (χ2v) is 11.7. The molecule has 0 spiro atoms. The number of nitrogens with two attached hydrogens (primary N) is 1. The van der Waals surface area contributed by atoms with E-state index in [9.17, 15) is 8.42 Å². The molecule has 0 radical (unpaired) electrons. The van der Waals surface area contributed by atoms with Crippen LogP contribution in [0.1, 0.15) is 0 Å². The zero-order valence-corrected chi connectivity index (χ0v) is 21.0. The summed E-state index contributed by atoms with van der Waals surface area (Å²) in [5, 5.41) is 3.61. The number of nitrogens with zero attached hydrogens (tertiary/aromatic N) is 2. The van der Waals surface area contributed by atoms with Gasteiger partial charge >= 0.3 is 0 Å². The van der Waals surface area contributed by atoms with Gasteiger partial charge in [0.1, 0.15) is 9.86 Å². The molecular formula is C28H22N4O2S2. The zero-order chi connectivity index (χ0) is 24.9. The second-order valence-electron chi connectivity index (χ2n) is 8.52. The first-order valence-electron chi connectivity index (χ1n) is 11.3. The van der Waals surface area contributed by atoms with E-state index in [-0.39, 0.29) is 0 Å². The first-order chi connectivity index (χ1) is 17.4. The fraction of sp³-hybridized carbons (Fsp3) is 0.0357. The third kappa shape index (κ3) is 3.62. The number of nitrogens with one attached hydrogen (secondary N) is 1. The van der Waals surface area contributed by atoms with Gasteiger partial charge in [0.25, 0.3) is 10.0 Å². The van der Waals surface area contributed by atoms with Crippen LogP contribution in [-0.2, 0) is 10.0 Å². The average Bonchev–Trinajstić information content (AvgIpc) is 3.57. The maximum absolute atomic E-state index is 13.2. The molecule has 3 aromatic heterocycles. The number of aromatic amines is 1. The fourth-order valence-electron chi connectivity index (χ4n) is 4.51. The number of anilines is 2.